The van der Waals surface area contributed by atoms with Gasteiger partial charge in [0.2, 0.25) is 0 Å². The van der Waals surface area contributed by atoms with Gasteiger partial charge in [0.1, 0.15) is 5.60 Å². The predicted molar refractivity (Wildman–Crippen MR) is 116 cm³/mol. The Balaban J connectivity index is 1.61. The van der Waals surface area contributed by atoms with Gasteiger partial charge in [-0.25, -0.2) is 0 Å². The minimum Gasteiger partial charge on any atom is -0.393 e. The molecule has 0 radical (unpaired) electrons. The van der Waals surface area contributed by atoms with E-state index < -0.39 is 11.7 Å². The van der Waals surface area contributed by atoms with Crippen molar-refractivity contribution < 1.29 is 15.0 Å². The molecule has 0 aromatic heterocycles. The molecule has 2 N–H and O–H groups in total. The average Bonchev–Trinajstić information content (AvgIpc) is 3.00. The fraction of sp³-hybridized carbons (Fsp3) is 0.885. The largest absolute Gasteiger partial charge is 0.393 e. The van der Waals surface area contributed by atoms with E-state index >= 15 is 0 Å². The number of allylic oxidation sites excluding steroid dienone is 2. The molecule has 0 spiro atoms. The molecule has 4 saturated carbocycles. The molecule has 0 heterocycles. The summed E-state index contributed by atoms with van der Waals surface area (Å²) < 4.78 is 0. The highest BCUT2D eigenvalue weighted by Crippen LogP contribution is 2.68. The normalized spacial score (nSPS) is 51.0. The third kappa shape index (κ3) is 3.09. The van der Waals surface area contributed by atoms with Crippen molar-refractivity contribution >= 4 is 5.78 Å². The van der Waals surface area contributed by atoms with Gasteiger partial charge >= 0.3 is 0 Å². The first kappa shape index (κ1) is 21.6. The van der Waals surface area contributed by atoms with E-state index in [4.69, 9.17) is 0 Å². The number of carbonyl (C=O) groups is 1. The quantitative estimate of drug-likeness (QED) is 0.642. The molecular formula is C26H42O3. The van der Waals surface area contributed by atoms with Crippen LogP contribution in [0, 0.1) is 46.3 Å². The van der Waals surface area contributed by atoms with Crippen LogP contribution in [0.25, 0.3) is 0 Å². The lowest BCUT2D eigenvalue weighted by Crippen LogP contribution is -2.67. The summed E-state index contributed by atoms with van der Waals surface area (Å²) in [6.45, 7) is 11.5. The molecule has 4 aliphatic rings. The number of aliphatic hydroxyl groups is 2. The molecule has 3 heteroatoms. The maximum atomic E-state index is 13.3. The molecule has 4 fully saturated rings. The van der Waals surface area contributed by atoms with Gasteiger partial charge in [-0.1, -0.05) is 46.8 Å². The Morgan fingerprint density at radius 3 is 2.41 bits per heavy atom. The third-order valence-electron chi connectivity index (χ3n) is 10.1. The molecular weight excluding hydrogens is 360 g/mol. The fourth-order valence-electron chi connectivity index (χ4n) is 8.46. The van der Waals surface area contributed by atoms with Crippen molar-refractivity contribution in [3.8, 4) is 0 Å². The molecule has 0 aromatic rings. The maximum absolute atomic E-state index is 13.3. The first-order chi connectivity index (χ1) is 13.5. The molecule has 0 saturated heterocycles. The second-order valence-electron chi connectivity index (χ2n) is 11.9. The molecule has 3 nitrogen and oxygen atoms in total. The van der Waals surface area contributed by atoms with Crippen molar-refractivity contribution in [3.05, 3.63) is 12.2 Å². The van der Waals surface area contributed by atoms with Gasteiger partial charge in [0.15, 0.2) is 5.78 Å². The number of carbonyl (C=O) groups excluding carboxylic acids is 1. The smallest absolute Gasteiger partial charge is 0.165 e. The summed E-state index contributed by atoms with van der Waals surface area (Å²) in [7, 11) is 0. The van der Waals surface area contributed by atoms with E-state index in [0.717, 1.165) is 19.3 Å². The molecule has 0 bridgehead atoms. The molecule has 29 heavy (non-hydrogen) atoms. The highest BCUT2D eigenvalue weighted by molar-refractivity contribution is 5.89. The van der Waals surface area contributed by atoms with Crippen molar-refractivity contribution in [2.45, 2.75) is 97.7 Å². The van der Waals surface area contributed by atoms with Crippen LogP contribution in [0.1, 0.15) is 86.0 Å². The van der Waals surface area contributed by atoms with Crippen molar-refractivity contribution in [1.82, 2.24) is 0 Å². The predicted octanol–water partition coefficient (Wildman–Crippen LogP) is 5.15. The van der Waals surface area contributed by atoms with Gasteiger partial charge < -0.3 is 10.2 Å². The van der Waals surface area contributed by atoms with Crippen LogP contribution in [0.15, 0.2) is 12.2 Å². The molecule has 4 rings (SSSR count). The molecule has 0 aromatic carbocycles. The first-order valence-corrected chi connectivity index (χ1v) is 12.1. The summed E-state index contributed by atoms with van der Waals surface area (Å²) in [5.41, 5.74) is -1.37. The summed E-state index contributed by atoms with van der Waals surface area (Å²) in [5, 5.41) is 21.7. The highest BCUT2D eigenvalue weighted by Gasteiger charge is 2.67. The van der Waals surface area contributed by atoms with E-state index in [1.54, 1.807) is 0 Å². The van der Waals surface area contributed by atoms with Crippen LogP contribution in [0.2, 0.25) is 0 Å². The number of hydrogen-bond acceptors (Lipinski definition) is 3. The standard InChI is InChI=1S/C26H42O3/c1-16(2)6-7-17(3)20-8-9-21-19-14-23(28)26(29)15-18(27)10-13-25(26,5)22(19)11-12-24(20,21)4/h6-7,16-22,27,29H,8-15H2,1-5H3/b7-6+/t17-,18+,19+,20-,21+,22+,24-,25-,26+/m1/s1. The molecule has 0 aliphatic heterocycles. The van der Waals surface area contributed by atoms with Crippen LogP contribution in [0.5, 0.6) is 0 Å². The summed E-state index contributed by atoms with van der Waals surface area (Å²) in [6.07, 6.45) is 11.3. The number of Topliss-reactive ketones (excluding diaryl/α,β-unsaturated/α-hetero) is 1. The van der Waals surface area contributed by atoms with E-state index in [2.05, 4.69) is 46.8 Å². The second kappa shape index (κ2) is 7.19. The number of aliphatic hydroxyl groups excluding tert-OH is 1. The lowest BCUT2D eigenvalue weighted by Gasteiger charge is -2.63. The van der Waals surface area contributed by atoms with Crippen LogP contribution < -0.4 is 0 Å². The van der Waals surface area contributed by atoms with Gasteiger partial charge in [-0.3, -0.25) is 4.79 Å². The Labute approximate surface area is 177 Å². The average molecular weight is 403 g/mol. The van der Waals surface area contributed by atoms with Crippen molar-refractivity contribution in [3.63, 3.8) is 0 Å². The number of hydrogen-bond donors (Lipinski definition) is 2. The number of rotatable bonds is 3. The fourth-order valence-corrected chi connectivity index (χ4v) is 8.46. The van der Waals surface area contributed by atoms with Crippen molar-refractivity contribution in [2.24, 2.45) is 46.3 Å². The van der Waals surface area contributed by atoms with Gasteiger partial charge in [-0.15, -0.1) is 0 Å². The van der Waals surface area contributed by atoms with Crippen LogP contribution in [0.3, 0.4) is 0 Å². The van der Waals surface area contributed by atoms with Gasteiger partial charge in [0.25, 0.3) is 0 Å². The summed E-state index contributed by atoms with van der Waals surface area (Å²) in [6, 6.07) is 0. The van der Waals surface area contributed by atoms with Crippen LogP contribution in [-0.2, 0) is 4.79 Å². The molecule has 0 amide bonds. The second-order valence-corrected chi connectivity index (χ2v) is 11.9. The third-order valence-corrected chi connectivity index (χ3v) is 10.1. The zero-order valence-electron chi connectivity index (χ0n) is 19.2. The summed E-state index contributed by atoms with van der Waals surface area (Å²) >= 11 is 0. The van der Waals surface area contributed by atoms with Gasteiger partial charge in [0, 0.05) is 18.3 Å². The topological polar surface area (TPSA) is 57.5 Å². The van der Waals surface area contributed by atoms with Crippen LogP contribution in [-0.4, -0.2) is 27.7 Å². The molecule has 9 atom stereocenters. The van der Waals surface area contributed by atoms with E-state index in [-0.39, 0.29) is 17.6 Å². The Morgan fingerprint density at radius 1 is 1.00 bits per heavy atom. The van der Waals surface area contributed by atoms with Crippen molar-refractivity contribution in [2.75, 3.05) is 0 Å². The highest BCUT2D eigenvalue weighted by atomic mass is 16.3. The summed E-state index contributed by atoms with van der Waals surface area (Å²) in [5.74, 6) is 3.30. The van der Waals surface area contributed by atoms with Gasteiger partial charge in [-0.05, 0) is 79.4 Å². The van der Waals surface area contributed by atoms with E-state index in [1.807, 2.05) is 0 Å². The number of ketones is 1. The SMILES string of the molecule is CC(C)/C=C/[C@@H](C)[C@H]1CC[C@H]2[C@@H]3CC(=O)[C@@]4(O)C[C@@H](O)CC[C@]4(C)[C@H]3CC[C@]12C. The molecule has 164 valence electrons. The summed E-state index contributed by atoms with van der Waals surface area (Å²) in [4.78, 5) is 13.3. The Hall–Kier alpha value is -0.670. The van der Waals surface area contributed by atoms with Crippen LogP contribution in [0.4, 0.5) is 0 Å². The minimum absolute atomic E-state index is 0.0143. The van der Waals surface area contributed by atoms with Gasteiger partial charge in [0.05, 0.1) is 6.10 Å². The van der Waals surface area contributed by atoms with Crippen LogP contribution >= 0.6 is 0 Å². The van der Waals surface area contributed by atoms with Gasteiger partial charge in [-0.2, -0.15) is 0 Å². The lowest BCUT2D eigenvalue weighted by atomic mass is 9.42. The molecule has 4 aliphatic carbocycles. The Bertz CT molecular complexity index is 683. The zero-order valence-corrected chi connectivity index (χ0v) is 19.2. The maximum Gasteiger partial charge on any atom is 0.165 e. The number of fused-ring (bicyclic) bond motifs is 5. The van der Waals surface area contributed by atoms with E-state index in [9.17, 15) is 15.0 Å². The van der Waals surface area contributed by atoms with E-state index in [0.29, 0.717) is 47.3 Å². The Morgan fingerprint density at radius 2 is 1.72 bits per heavy atom. The lowest BCUT2D eigenvalue weighted by molar-refractivity contribution is -0.213. The Kier molecular flexibility index (Phi) is 5.35. The molecule has 0 unspecified atom stereocenters. The van der Waals surface area contributed by atoms with E-state index in [1.165, 1.54) is 19.3 Å². The minimum atomic E-state index is -1.31. The first-order valence-electron chi connectivity index (χ1n) is 12.1. The zero-order chi connectivity index (χ0) is 21.2. The van der Waals surface area contributed by atoms with Crippen molar-refractivity contribution in [1.29, 1.82) is 0 Å². The monoisotopic (exact) mass is 402 g/mol.